The second kappa shape index (κ2) is 6.28. The number of thiocarbonyl (C=S) groups is 1. The van der Waals surface area contributed by atoms with Gasteiger partial charge >= 0.3 is 0 Å². The molecule has 1 heterocycles. The summed E-state index contributed by atoms with van der Waals surface area (Å²) in [7, 11) is 0. The van der Waals surface area contributed by atoms with Gasteiger partial charge in [-0.05, 0) is 32.4 Å². The topological polar surface area (TPSA) is 58.0 Å². The van der Waals surface area contributed by atoms with E-state index in [0.717, 1.165) is 5.56 Å². The lowest BCUT2D eigenvalue weighted by Crippen LogP contribution is -2.40. The molecule has 0 radical (unpaired) electrons. The zero-order valence-electron chi connectivity index (χ0n) is 12.4. The summed E-state index contributed by atoms with van der Waals surface area (Å²) in [5.41, 5.74) is 1.90. The minimum Gasteiger partial charge on any atom is -0.384 e. The molecule has 4 nitrogen and oxygen atoms in total. The van der Waals surface area contributed by atoms with E-state index in [2.05, 4.69) is 15.5 Å². The maximum atomic E-state index is 10.4. The van der Waals surface area contributed by atoms with Gasteiger partial charge in [0.2, 0.25) is 0 Å². The van der Waals surface area contributed by atoms with Gasteiger partial charge in [0, 0.05) is 11.1 Å². The third-order valence-corrected chi connectivity index (χ3v) is 3.14. The first-order valence-electron chi connectivity index (χ1n) is 6.75. The number of rotatable bonds is 3. The zero-order valence-corrected chi connectivity index (χ0v) is 13.2. The SMILES string of the molecule is CC(C)(C)NC(=S)c1cc(C(O)c2ccccc2)cnn1. The summed E-state index contributed by atoms with van der Waals surface area (Å²) in [6.45, 7) is 6.07. The van der Waals surface area contributed by atoms with Gasteiger partial charge in [-0.15, -0.1) is 5.10 Å². The highest BCUT2D eigenvalue weighted by molar-refractivity contribution is 7.80. The first-order valence-corrected chi connectivity index (χ1v) is 7.16. The van der Waals surface area contributed by atoms with Gasteiger partial charge in [0.05, 0.1) is 6.20 Å². The van der Waals surface area contributed by atoms with E-state index in [0.29, 0.717) is 16.2 Å². The van der Waals surface area contributed by atoms with Gasteiger partial charge in [0.1, 0.15) is 16.8 Å². The van der Waals surface area contributed by atoms with Gasteiger partial charge in [0.25, 0.3) is 0 Å². The summed E-state index contributed by atoms with van der Waals surface area (Å²) in [5.74, 6) is 0. The molecule has 0 aliphatic carbocycles. The number of benzene rings is 1. The molecule has 1 aromatic carbocycles. The molecule has 0 spiro atoms. The smallest absolute Gasteiger partial charge is 0.127 e. The van der Waals surface area contributed by atoms with Crippen molar-refractivity contribution in [1.82, 2.24) is 15.5 Å². The van der Waals surface area contributed by atoms with Gasteiger partial charge in [-0.25, -0.2) is 0 Å². The first kappa shape index (κ1) is 15.5. The summed E-state index contributed by atoms with van der Waals surface area (Å²) in [6, 6.07) is 11.2. The van der Waals surface area contributed by atoms with Crippen LogP contribution in [-0.4, -0.2) is 25.8 Å². The number of hydrogen-bond donors (Lipinski definition) is 2. The quantitative estimate of drug-likeness (QED) is 0.854. The lowest BCUT2D eigenvalue weighted by molar-refractivity contribution is 0.219. The van der Waals surface area contributed by atoms with E-state index in [1.54, 1.807) is 12.3 Å². The van der Waals surface area contributed by atoms with E-state index in [4.69, 9.17) is 12.2 Å². The number of aromatic nitrogens is 2. The molecule has 0 aliphatic heterocycles. The van der Waals surface area contributed by atoms with Crippen molar-refractivity contribution in [2.24, 2.45) is 0 Å². The van der Waals surface area contributed by atoms with Crippen LogP contribution in [0.5, 0.6) is 0 Å². The fourth-order valence-electron chi connectivity index (χ4n) is 1.87. The van der Waals surface area contributed by atoms with Gasteiger partial charge in [-0.1, -0.05) is 42.5 Å². The Morgan fingerprint density at radius 2 is 1.86 bits per heavy atom. The molecule has 2 N–H and O–H groups in total. The highest BCUT2D eigenvalue weighted by atomic mass is 32.1. The average Bonchev–Trinajstić information content (AvgIpc) is 2.46. The maximum Gasteiger partial charge on any atom is 0.127 e. The zero-order chi connectivity index (χ0) is 15.5. The number of nitrogens with one attached hydrogen (secondary N) is 1. The minimum atomic E-state index is -0.738. The van der Waals surface area contributed by atoms with Crippen LogP contribution in [0.3, 0.4) is 0 Å². The fraction of sp³-hybridized carbons (Fsp3) is 0.312. The Kier molecular flexibility index (Phi) is 4.65. The number of aliphatic hydroxyl groups excluding tert-OH is 1. The van der Waals surface area contributed by atoms with Crippen LogP contribution in [-0.2, 0) is 0 Å². The van der Waals surface area contributed by atoms with Gasteiger partial charge in [0.15, 0.2) is 0 Å². The van der Waals surface area contributed by atoms with E-state index in [9.17, 15) is 5.11 Å². The van der Waals surface area contributed by atoms with Crippen LogP contribution in [0, 0.1) is 0 Å². The lowest BCUT2D eigenvalue weighted by Gasteiger charge is -2.22. The van der Waals surface area contributed by atoms with Crippen molar-refractivity contribution in [3.8, 4) is 0 Å². The molecule has 0 fully saturated rings. The highest BCUT2D eigenvalue weighted by Crippen LogP contribution is 2.21. The van der Waals surface area contributed by atoms with Gasteiger partial charge in [-0.3, -0.25) is 0 Å². The van der Waals surface area contributed by atoms with Crippen LogP contribution in [0.15, 0.2) is 42.6 Å². The summed E-state index contributed by atoms with van der Waals surface area (Å²) in [4.78, 5) is 0.525. The van der Waals surface area contributed by atoms with Crippen molar-refractivity contribution in [2.45, 2.75) is 32.4 Å². The first-order chi connectivity index (χ1) is 9.87. The van der Waals surface area contributed by atoms with E-state index >= 15 is 0 Å². The number of nitrogens with zero attached hydrogens (tertiary/aromatic N) is 2. The molecule has 21 heavy (non-hydrogen) atoms. The second-order valence-electron chi connectivity index (χ2n) is 5.89. The molecule has 2 rings (SSSR count). The van der Waals surface area contributed by atoms with Crippen LogP contribution in [0.1, 0.15) is 43.7 Å². The average molecular weight is 301 g/mol. The molecule has 0 saturated carbocycles. The Labute approximate surface area is 130 Å². The molecule has 1 unspecified atom stereocenters. The summed E-state index contributed by atoms with van der Waals surface area (Å²) >= 11 is 5.34. The highest BCUT2D eigenvalue weighted by Gasteiger charge is 2.16. The summed E-state index contributed by atoms with van der Waals surface area (Å²) in [6.07, 6.45) is 0.818. The Balaban J connectivity index is 2.24. The third kappa shape index (κ3) is 4.31. The molecule has 1 aromatic heterocycles. The predicted octanol–water partition coefficient (Wildman–Crippen LogP) is 2.62. The van der Waals surface area contributed by atoms with Gasteiger partial charge in [-0.2, -0.15) is 5.10 Å². The van der Waals surface area contributed by atoms with Crippen molar-refractivity contribution in [1.29, 1.82) is 0 Å². The Morgan fingerprint density at radius 3 is 2.48 bits per heavy atom. The molecule has 0 aliphatic rings. The standard InChI is InChI=1S/C16H19N3OS/c1-16(2,3)18-15(21)13-9-12(10-17-19-13)14(20)11-7-5-4-6-8-11/h4-10,14,20H,1-3H3,(H,18,21). The van der Waals surface area contributed by atoms with Crippen molar-refractivity contribution < 1.29 is 5.11 Å². The predicted molar refractivity (Wildman–Crippen MR) is 87.1 cm³/mol. The number of aliphatic hydroxyl groups is 1. The maximum absolute atomic E-state index is 10.4. The van der Waals surface area contributed by atoms with Crippen LogP contribution >= 0.6 is 12.2 Å². The second-order valence-corrected chi connectivity index (χ2v) is 6.30. The third-order valence-electron chi connectivity index (χ3n) is 2.83. The van der Waals surface area contributed by atoms with Crippen molar-refractivity contribution in [3.05, 3.63) is 59.4 Å². The monoisotopic (exact) mass is 301 g/mol. The van der Waals surface area contributed by atoms with Crippen molar-refractivity contribution in [2.75, 3.05) is 0 Å². The normalized spacial score (nSPS) is 12.8. The molecule has 5 heteroatoms. The molecule has 2 aromatic rings. The summed E-state index contributed by atoms with van der Waals surface area (Å²) in [5, 5.41) is 21.6. The lowest BCUT2D eigenvalue weighted by atomic mass is 10.0. The number of hydrogen-bond acceptors (Lipinski definition) is 4. The molecule has 110 valence electrons. The van der Waals surface area contributed by atoms with Gasteiger partial charge < -0.3 is 10.4 Å². The van der Waals surface area contributed by atoms with Crippen LogP contribution in [0.2, 0.25) is 0 Å². The van der Waals surface area contributed by atoms with E-state index in [-0.39, 0.29) is 5.54 Å². The Bertz CT molecular complexity index is 623. The van der Waals surface area contributed by atoms with Crippen molar-refractivity contribution >= 4 is 17.2 Å². The minimum absolute atomic E-state index is 0.146. The molecule has 0 amide bonds. The Hall–Kier alpha value is -1.85. The van der Waals surface area contributed by atoms with E-state index < -0.39 is 6.10 Å². The molecule has 1 atom stereocenters. The van der Waals surface area contributed by atoms with Crippen LogP contribution in [0.4, 0.5) is 0 Å². The van der Waals surface area contributed by atoms with Crippen LogP contribution < -0.4 is 5.32 Å². The molecular weight excluding hydrogens is 282 g/mol. The van der Waals surface area contributed by atoms with Crippen molar-refractivity contribution in [3.63, 3.8) is 0 Å². The molecular formula is C16H19N3OS. The van der Waals surface area contributed by atoms with E-state index in [1.807, 2.05) is 51.1 Å². The largest absolute Gasteiger partial charge is 0.384 e. The van der Waals surface area contributed by atoms with Crippen LogP contribution in [0.25, 0.3) is 0 Å². The molecule has 0 bridgehead atoms. The fourth-order valence-corrected chi connectivity index (χ4v) is 2.28. The van der Waals surface area contributed by atoms with E-state index in [1.165, 1.54) is 0 Å². The summed E-state index contributed by atoms with van der Waals surface area (Å²) < 4.78 is 0. The molecule has 0 saturated heterocycles. The Morgan fingerprint density at radius 1 is 1.19 bits per heavy atom.